The quantitative estimate of drug-likeness (QED) is 0.531. The molecule has 3 rings (SSSR count). The highest BCUT2D eigenvalue weighted by Crippen LogP contribution is 2.39. The van der Waals surface area contributed by atoms with E-state index in [1.54, 1.807) is 18.2 Å². The molecule has 2 aromatic rings. The minimum absolute atomic E-state index is 0.164. The van der Waals surface area contributed by atoms with Crippen LogP contribution < -0.4 is 14.8 Å². The molecule has 0 amide bonds. The topological polar surface area (TPSA) is 92.9 Å². The van der Waals surface area contributed by atoms with Crippen LogP contribution in [0.25, 0.3) is 0 Å². The highest BCUT2D eigenvalue weighted by molar-refractivity contribution is 7.89. The zero-order chi connectivity index (χ0) is 22.3. The van der Waals surface area contributed by atoms with E-state index in [0.717, 1.165) is 39.0 Å². The number of rotatable bonds is 11. The van der Waals surface area contributed by atoms with Gasteiger partial charge in [-0.2, -0.15) is 0 Å². The summed E-state index contributed by atoms with van der Waals surface area (Å²) in [6, 6.07) is 12.0. The second-order valence-electron chi connectivity index (χ2n) is 7.83. The van der Waals surface area contributed by atoms with Gasteiger partial charge in [0.2, 0.25) is 10.0 Å². The molecule has 1 fully saturated rings. The summed E-state index contributed by atoms with van der Waals surface area (Å²) in [6.45, 7) is 6.55. The van der Waals surface area contributed by atoms with Gasteiger partial charge in [0, 0.05) is 25.2 Å². The van der Waals surface area contributed by atoms with Crippen molar-refractivity contribution in [3.8, 4) is 11.5 Å². The van der Waals surface area contributed by atoms with Crippen molar-refractivity contribution in [1.82, 2.24) is 4.90 Å². The van der Waals surface area contributed by atoms with Crippen molar-refractivity contribution in [3.63, 3.8) is 0 Å². The largest absolute Gasteiger partial charge is 0.454 e. The number of carbonyl (C=O) groups is 1. The third-order valence-corrected chi connectivity index (χ3v) is 6.39. The summed E-state index contributed by atoms with van der Waals surface area (Å²) in [7, 11) is -4.11. The van der Waals surface area contributed by atoms with E-state index in [1.165, 1.54) is 18.9 Å². The summed E-state index contributed by atoms with van der Waals surface area (Å²) >= 11 is 0. The highest BCUT2D eigenvalue weighted by Gasteiger charge is 2.25. The third kappa shape index (κ3) is 6.29. The van der Waals surface area contributed by atoms with Crippen LogP contribution in [0.4, 0.5) is 5.69 Å². The van der Waals surface area contributed by atoms with Crippen molar-refractivity contribution in [2.75, 3.05) is 37.6 Å². The molecule has 0 bridgehead atoms. The fraction of sp³-hybridized carbons (Fsp3) is 0.435. The first-order valence-corrected chi connectivity index (χ1v) is 12.3. The number of carbonyl (C=O) groups excluding carboxylic acids is 1. The normalized spacial score (nSPS) is 14.5. The molecule has 0 spiro atoms. The highest BCUT2D eigenvalue weighted by atomic mass is 32.2. The average Bonchev–Trinajstić information content (AvgIpc) is 3.28. The van der Waals surface area contributed by atoms with E-state index >= 15 is 0 Å². The van der Waals surface area contributed by atoms with Gasteiger partial charge in [-0.25, -0.2) is 13.6 Å². The first-order valence-electron chi connectivity index (χ1n) is 10.8. The maximum Gasteiger partial charge on any atom is 0.241 e. The number of para-hydroxylation sites is 1. The van der Waals surface area contributed by atoms with Crippen LogP contribution in [0.3, 0.4) is 0 Å². The Morgan fingerprint density at radius 3 is 2.45 bits per heavy atom. The van der Waals surface area contributed by atoms with Gasteiger partial charge in [0.1, 0.15) is 16.9 Å². The summed E-state index contributed by atoms with van der Waals surface area (Å²) in [5.74, 6) is 0.666. The number of nitrogens with two attached hydrogens (primary N) is 1. The van der Waals surface area contributed by atoms with Crippen molar-refractivity contribution in [2.45, 2.75) is 37.5 Å². The van der Waals surface area contributed by atoms with Gasteiger partial charge in [0.05, 0.1) is 5.69 Å². The monoisotopic (exact) mass is 445 g/mol. The minimum atomic E-state index is -4.11. The molecule has 31 heavy (non-hydrogen) atoms. The Morgan fingerprint density at radius 2 is 1.84 bits per heavy atom. The fourth-order valence-electron chi connectivity index (χ4n) is 3.80. The molecule has 1 aliphatic heterocycles. The Kier molecular flexibility index (Phi) is 8.06. The number of primary sulfonamides is 1. The van der Waals surface area contributed by atoms with Gasteiger partial charge in [0.25, 0.3) is 0 Å². The SMILES string of the molecule is CCCCN(CCN1CCCC1)c1cc(C=O)cc(S(N)(=O)=O)c1Oc1ccccc1. The van der Waals surface area contributed by atoms with Crippen molar-refractivity contribution in [3.05, 3.63) is 48.0 Å². The van der Waals surface area contributed by atoms with Gasteiger partial charge in [-0.15, -0.1) is 0 Å². The van der Waals surface area contributed by atoms with Crippen molar-refractivity contribution < 1.29 is 17.9 Å². The van der Waals surface area contributed by atoms with Gasteiger partial charge in [-0.05, 0) is 56.6 Å². The van der Waals surface area contributed by atoms with E-state index in [1.807, 2.05) is 18.2 Å². The number of likely N-dealkylation sites (tertiary alicyclic amines) is 1. The molecule has 0 unspecified atom stereocenters. The van der Waals surface area contributed by atoms with Crippen LogP contribution in [0.15, 0.2) is 47.4 Å². The Morgan fingerprint density at radius 1 is 1.13 bits per heavy atom. The second-order valence-corrected chi connectivity index (χ2v) is 9.36. The van der Waals surface area contributed by atoms with Crippen LogP contribution in [-0.4, -0.2) is 52.3 Å². The third-order valence-electron chi connectivity index (χ3n) is 5.47. The first kappa shape index (κ1) is 23.2. The summed E-state index contributed by atoms with van der Waals surface area (Å²) < 4.78 is 30.9. The molecule has 168 valence electrons. The number of sulfonamides is 1. The van der Waals surface area contributed by atoms with Gasteiger partial charge >= 0.3 is 0 Å². The van der Waals surface area contributed by atoms with Crippen LogP contribution in [0.1, 0.15) is 43.0 Å². The molecule has 7 nitrogen and oxygen atoms in total. The molecule has 1 saturated heterocycles. The number of unbranched alkanes of at least 4 members (excludes halogenated alkanes) is 1. The molecule has 0 radical (unpaired) electrons. The summed E-state index contributed by atoms with van der Waals surface area (Å²) in [6.07, 6.45) is 4.97. The van der Waals surface area contributed by atoms with E-state index in [0.29, 0.717) is 24.3 Å². The van der Waals surface area contributed by atoms with Crippen LogP contribution in [-0.2, 0) is 10.0 Å². The Labute approximate surface area is 184 Å². The maximum atomic E-state index is 12.4. The number of anilines is 1. The number of nitrogens with zero attached hydrogens (tertiary/aromatic N) is 2. The molecule has 2 N–H and O–H groups in total. The number of hydrogen-bond donors (Lipinski definition) is 1. The predicted molar refractivity (Wildman–Crippen MR) is 123 cm³/mol. The molecule has 1 heterocycles. The summed E-state index contributed by atoms with van der Waals surface area (Å²) in [5, 5.41) is 5.53. The number of aldehydes is 1. The van der Waals surface area contributed by atoms with E-state index in [2.05, 4.69) is 16.7 Å². The lowest BCUT2D eigenvalue weighted by Crippen LogP contribution is -2.35. The lowest BCUT2D eigenvalue weighted by atomic mass is 10.1. The smallest absolute Gasteiger partial charge is 0.241 e. The molecule has 8 heteroatoms. The predicted octanol–water partition coefficient (Wildman–Crippen LogP) is 3.64. The molecule has 1 aliphatic rings. The zero-order valence-electron chi connectivity index (χ0n) is 18.0. The lowest BCUT2D eigenvalue weighted by molar-refractivity contribution is 0.112. The molecule has 0 atom stereocenters. The molecule has 0 aromatic heterocycles. The van der Waals surface area contributed by atoms with Gasteiger partial charge in [0.15, 0.2) is 5.75 Å². The lowest BCUT2D eigenvalue weighted by Gasteiger charge is -2.30. The van der Waals surface area contributed by atoms with E-state index in [9.17, 15) is 13.2 Å². The van der Waals surface area contributed by atoms with Gasteiger partial charge in [-0.3, -0.25) is 4.79 Å². The minimum Gasteiger partial charge on any atom is -0.454 e. The first-order chi connectivity index (χ1) is 14.9. The van der Waals surface area contributed by atoms with Crippen molar-refractivity contribution in [1.29, 1.82) is 0 Å². The number of benzene rings is 2. The standard InChI is InChI=1S/C23H31N3O4S/c1-2-3-13-26(15-14-25-11-7-8-12-25)21-16-19(18-27)17-22(31(24,28)29)23(21)30-20-9-5-4-6-10-20/h4-6,9-10,16-18H,2-3,7-8,11-15H2,1H3,(H2,24,28,29). The van der Waals surface area contributed by atoms with Gasteiger partial charge < -0.3 is 14.5 Å². The molecule has 2 aromatic carbocycles. The zero-order valence-corrected chi connectivity index (χ0v) is 18.8. The van der Waals surface area contributed by atoms with Crippen molar-refractivity contribution in [2.24, 2.45) is 5.14 Å². The Balaban J connectivity index is 2.06. The van der Waals surface area contributed by atoms with Crippen LogP contribution in [0.5, 0.6) is 11.5 Å². The average molecular weight is 446 g/mol. The second kappa shape index (κ2) is 10.7. The fourth-order valence-corrected chi connectivity index (χ4v) is 4.51. The number of hydrogen-bond acceptors (Lipinski definition) is 6. The molecule has 0 aliphatic carbocycles. The Bertz CT molecular complexity index is 974. The van der Waals surface area contributed by atoms with E-state index in [4.69, 9.17) is 9.88 Å². The van der Waals surface area contributed by atoms with E-state index < -0.39 is 10.0 Å². The maximum absolute atomic E-state index is 12.4. The van der Waals surface area contributed by atoms with Gasteiger partial charge in [-0.1, -0.05) is 31.5 Å². The molecule has 0 saturated carbocycles. The van der Waals surface area contributed by atoms with Crippen LogP contribution >= 0.6 is 0 Å². The Hall–Kier alpha value is -2.42. The summed E-state index contributed by atoms with van der Waals surface area (Å²) in [5.41, 5.74) is 0.826. The molecular formula is C23H31N3O4S. The molecular weight excluding hydrogens is 414 g/mol. The summed E-state index contributed by atoms with van der Waals surface area (Å²) in [4.78, 5) is 15.9. The van der Waals surface area contributed by atoms with Crippen molar-refractivity contribution >= 4 is 22.0 Å². The number of ether oxygens (including phenoxy) is 1. The van der Waals surface area contributed by atoms with Crippen LogP contribution in [0.2, 0.25) is 0 Å². The van der Waals surface area contributed by atoms with Crippen LogP contribution in [0, 0.1) is 0 Å². The van der Waals surface area contributed by atoms with E-state index in [-0.39, 0.29) is 16.2 Å².